The van der Waals surface area contributed by atoms with Crippen molar-refractivity contribution in [3.63, 3.8) is 0 Å². The van der Waals surface area contributed by atoms with Crippen molar-refractivity contribution in [2.45, 2.75) is 6.18 Å². The molecule has 0 bridgehead atoms. The molecule has 0 amide bonds. The van der Waals surface area contributed by atoms with Crippen LogP contribution in [-0.4, -0.2) is 24.2 Å². The number of methoxy groups -OCH3 is 1. The average Bonchev–Trinajstić information content (AvgIpc) is 2.34. The third-order valence-corrected chi connectivity index (χ3v) is 2.21. The molecule has 0 aliphatic carbocycles. The third-order valence-electron chi connectivity index (χ3n) is 2.21. The van der Waals surface area contributed by atoms with E-state index in [4.69, 9.17) is 5.11 Å². The van der Waals surface area contributed by atoms with Gasteiger partial charge in [0.1, 0.15) is 0 Å². The van der Waals surface area contributed by atoms with Crippen LogP contribution in [0.4, 0.5) is 13.2 Å². The van der Waals surface area contributed by atoms with E-state index in [-0.39, 0.29) is 5.56 Å². The Balaban J connectivity index is 3.28. The molecule has 0 unspecified atom stereocenters. The van der Waals surface area contributed by atoms with Crippen molar-refractivity contribution in [3.05, 3.63) is 41.0 Å². The highest BCUT2D eigenvalue weighted by molar-refractivity contribution is 5.90. The number of halogens is 3. The molecular weight excluding hydrogens is 265 g/mol. The molecule has 19 heavy (non-hydrogen) atoms. The number of carbonyl (C=O) groups excluding carboxylic acids is 1. The van der Waals surface area contributed by atoms with E-state index in [0.717, 1.165) is 31.4 Å². The highest BCUT2D eigenvalue weighted by Crippen LogP contribution is 2.33. The first-order chi connectivity index (χ1) is 8.75. The van der Waals surface area contributed by atoms with Gasteiger partial charge < -0.3 is 9.84 Å². The van der Waals surface area contributed by atoms with E-state index in [0.29, 0.717) is 6.07 Å². The number of carbonyl (C=O) groups is 2. The maximum Gasteiger partial charge on any atom is 0.417 e. The zero-order chi connectivity index (χ0) is 14.6. The summed E-state index contributed by atoms with van der Waals surface area (Å²) < 4.78 is 42.5. The molecule has 1 aromatic rings. The molecule has 0 spiro atoms. The van der Waals surface area contributed by atoms with Gasteiger partial charge in [-0.1, -0.05) is 6.07 Å². The lowest BCUT2D eigenvalue weighted by Crippen LogP contribution is -2.10. The highest BCUT2D eigenvalue weighted by Gasteiger charge is 2.33. The predicted octanol–water partition coefficient (Wildman–Crippen LogP) is 2.59. The summed E-state index contributed by atoms with van der Waals surface area (Å²) in [5.41, 5.74) is -1.93. The minimum atomic E-state index is -4.72. The summed E-state index contributed by atoms with van der Waals surface area (Å²) in [5, 5.41) is 8.66. The minimum absolute atomic E-state index is 0.317. The monoisotopic (exact) mass is 274 g/mol. The zero-order valence-corrected chi connectivity index (χ0v) is 9.69. The molecule has 4 nitrogen and oxygen atoms in total. The van der Waals surface area contributed by atoms with E-state index in [1.807, 2.05) is 0 Å². The van der Waals surface area contributed by atoms with Crippen molar-refractivity contribution in [2.24, 2.45) is 0 Å². The molecule has 1 rings (SSSR count). The van der Waals surface area contributed by atoms with Gasteiger partial charge in [0.05, 0.1) is 18.2 Å². The second-order valence-corrected chi connectivity index (χ2v) is 3.46. The Morgan fingerprint density at radius 3 is 2.42 bits per heavy atom. The van der Waals surface area contributed by atoms with Gasteiger partial charge >= 0.3 is 18.1 Å². The van der Waals surface area contributed by atoms with Crippen molar-refractivity contribution in [3.8, 4) is 0 Å². The van der Waals surface area contributed by atoms with Crippen molar-refractivity contribution in [2.75, 3.05) is 7.11 Å². The van der Waals surface area contributed by atoms with Crippen LogP contribution in [0.2, 0.25) is 0 Å². The van der Waals surface area contributed by atoms with Gasteiger partial charge in [-0.25, -0.2) is 9.59 Å². The van der Waals surface area contributed by atoms with Gasteiger partial charge in [0.25, 0.3) is 0 Å². The van der Waals surface area contributed by atoms with Crippen molar-refractivity contribution in [1.29, 1.82) is 0 Å². The second kappa shape index (κ2) is 5.55. The fraction of sp³-hybridized carbons (Fsp3) is 0.167. The maximum absolute atomic E-state index is 12.8. The van der Waals surface area contributed by atoms with Gasteiger partial charge in [-0.05, 0) is 23.8 Å². The lowest BCUT2D eigenvalue weighted by Gasteiger charge is -2.11. The lowest BCUT2D eigenvalue weighted by molar-refractivity contribution is -0.138. The molecule has 1 aromatic carbocycles. The molecule has 7 heteroatoms. The Bertz CT molecular complexity index is 532. The van der Waals surface area contributed by atoms with Crippen molar-refractivity contribution >= 4 is 18.0 Å². The number of ether oxygens (including phenoxy) is 1. The topological polar surface area (TPSA) is 63.6 Å². The molecule has 0 radical (unpaired) electrons. The molecule has 0 aliphatic heterocycles. The number of hydrogen-bond donors (Lipinski definition) is 1. The van der Waals surface area contributed by atoms with E-state index < -0.39 is 29.2 Å². The molecule has 102 valence electrons. The number of benzene rings is 1. The van der Waals surface area contributed by atoms with Crippen LogP contribution in [0, 0.1) is 0 Å². The van der Waals surface area contributed by atoms with E-state index in [2.05, 4.69) is 4.74 Å². The van der Waals surface area contributed by atoms with Gasteiger partial charge in [-0.15, -0.1) is 0 Å². The summed E-state index contributed by atoms with van der Waals surface area (Å²) >= 11 is 0. The summed E-state index contributed by atoms with van der Waals surface area (Å²) in [6.45, 7) is 0. The van der Waals surface area contributed by atoms with Gasteiger partial charge in [0, 0.05) is 6.08 Å². The van der Waals surface area contributed by atoms with E-state index in [1.165, 1.54) is 0 Å². The summed E-state index contributed by atoms with van der Waals surface area (Å²) in [6, 6.07) is 2.51. The van der Waals surface area contributed by atoms with Gasteiger partial charge in [0.15, 0.2) is 0 Å². The predicted molar refractivity (Wildman–Crippen MR) is 59.5 cm³/mol. The number of rotatable bonds is 3. The number of esters is 1. The highest BCUT2D eigenvalue weighted by atomic mass is 19.4. The van der Waals surface area contributed by atoms with Crippen molar-refractivity contribution < 1.29 is 32.6 Å². The molecule has 0 aliphatic rings. The minimum Gasteiger partial charge on any atom is -0.478 e. The van der Waals surface area contributed by atoms with Crippen LogP contribution < -0.4 is 0 Å². The zero-order valence-electron chi connectivity index (χ0n) is 9.69. The molecule has 1 N–H and O–H groups in total. The standard InChI is InChI=1S/C12H9F3O4/c1-19-10(16)5-4-7-2-3-8(11(17)18)6-9(7)12(13,14)15/h2-6H,1H3,(H,17,18). The van der Waals surface area contributed by atoms with Crippen LogP contribution in [0.5, 0.6) is 0 Å². The number of aromatic carboxylic acids is 1. The molecule has 0 saturated carbocycles. The Labute approximate surface area is 106 Å². The smallest absolute Gasteiger partial charge is 0.417 e. The average molecular weight is 274 g/mol. The molecule has 0 aromatic heterocycles. The summed E-state index contributed by atoms with van der Waals surface area (Å²) in [5.74, 6) is -2.27. The van der Waals surface area contributed by atoms with E-state index in [9.17, 15) is 22.8 Å². The third kappa shape index (κ3) is 3.84. The molecule has 0 fully saturated rings. The van der Waals surface area contributed by atoms with Gasteiger partial charge in [-0.3, -0.25) is 0 Å². The van der Waals surface area contributed by atoms with Gasteiger partial charge in [-0.2, -0.15) is 13.2 Å². The molecule has 0 heterocycles. The van der Waals surface area contributed by atoms with E-state index >= 15 is 0 Å². The van der Waals surface area contributed by atoms with Crippen LogP contribution in [0.3, 0.4) is 0 Å². The Morgan fingerprint density at radius 1 is 1.32 bits per heavy atom. The van der Waals surface area contributed by atoms with Crippen LogP contribution in [-0.2, 0) is 15.7 Å². The summed E-state index contributed by atoms with van der Waals surface area (Å²) in [4.78, 5) is 21.5. The summed E-state index contributed by atoms with van der Waals surface area (Å²) in [6.07, 6.45) is -2.98. The van der Waals surface area contributed by atoms with Crippen LogP contribution >= 0.6 is 0 Å². The summed E-state index contributed by atoms with van der Waals surface area (Å²) in [7, 11) is 1.09. The van der Waals surface area contributed by atoms with Crippen LogP contribution in [0.1, 0.15) is 21.5 Å². The van der Waals surface area contributed by atoms with E-state index in [1.54, 1.807) is 0 Å². The SMILES string of the molecule is COC(=O)C=Cc1ccc(C(=O)O)cc1C(F)(F)F. The number of carboxylic acid groups (broad SMARTS) is 1. The number of hydrogen-bond acceptors (Lipinski definition) is 3. The fourth-order valence-electron chi connectivity index (χ4n) is 1.31. The quantitative estimate of drug-likeness (QED) is 0.679. The number of alkyl halides is 3. The van der Waals surface area contributed by atoms with Crippen molar-refractivity contribution in [1.82, 2.24) is 0 Å². The molecule has 0 saturated heterocycles. The Hall–Kier alpha value is -2.31. The number of carboxylic acids is 1. The van der Waals surface area contributed by atoms with Gasteiger partial charge in [0.2, 0.25) is 0 Å². The first-order valence-corrected chi connectivity index (χ1v) is 4.96. The first-order valence-electron chi connectivity index (χ1n) is 4.96. The molecule has 0 atom stereocenters. The Kier molecular flexibility index (Phi) is 4.31. The molecular formula is C12H9F3O4. The lowest BCUT2D eigenvalue weighted by atomic mass is 10.0. The maximum atomic E-state index is 12.8. The Morgan fingerprint density at radius 2 is 1.95 bits per heavy atom. The second-order valence-electron chi connectivity index (χ2n) is 3.46. The fourth-order valence-corrected chi connectivity index (χ4v) is 1.31. The largest absolute Gasteiger partial charge is 0.478 e. The van der Waals surface area contributed by atoms with Crippen LogP contribution in [0.15, 0.2) is 24.3 Å². The van der Waals surface area contributed by atoms with Crippen LogP contribution in [0.25, 0.3) is 6.08 Å². The first kappa shape index (κ1) is 14.7. The normalized spacial score (nSPS) is 11.6.